The minimum atomic E-state index is -0.893. The molecule has 0 bridgehead atoms. The van der Waals surface area contributed by atoms with Crippen molar-refractivity contribution in [3.05, 3.63) is 72.9 Å². The van der Waals surface area contributed by atoms with Crippen LogP contribution < -0.4 is 16.8 Å². The van der Waals surface area contributed by atoms with Gasteiger partial charge in [-0.2, -0.15) is 9.94 Å². The van der Waals surface area contributed by atoms with Crippen LogP contribution >= 0.6 is 0 Å². The number of nitriles is 1. The van der Waals surface area contributed by atoms with E-state index in [-0.39, 0.29) is 5.69 Å². The number of H-pyrrole nitrogens is 1. The fraction of sp³-hybridized carbons (Fsp3) is 0.133. The van der Waals surface area contributed by atoms with Crippen molar-refractivity contribution in [2.24, 2.45) is 7.05 Å². The molecule has 0 aliphatic heterocycles. The number of rotatable bonds is 2. The van der Waals surface area contributed by atoms with Gasteiger partial charge in [0.25, 0.3) is 11.1 Å². The molecule has 0 saturated carbocycles. The molecule has 0 spiro atoms. The van der Waals surface area contributed by atoms with Crippen LogP contribution in [0.1, 0.15) is 11.4 Å². The zero-order valence-electron chi connectivity index (χ0n) is 12.8. The van der Waals surface area contributed by atoms with Gasteiger partial charge in [0.05, 0.1) is 11.4 Å². The fourth-order valence-corrected chi connectivity index (χ4v) is 2.42. The maximum absolute atomic E-state index is 12.8. The Hall–Kier alpha value is -3.67. The number of benzene rings is 1. The number of hydrogen-bond donors (Lipinski definition) is 1. The zero-order valence-corrected chi connectivity index (χ0v) is 12.8. The van der Waals surface area contributed by atoms with Gasteiger partial charge in [-0.1, -0.05) is 18.2 Å². The average Bonchev–Trinajstić information content (AvgIpc) is 2.79. The number of para-hydroxylation sites is 1. The quantitative estimate of drug-likeness (QED) is 0.687. The molecule has 0 unspecified atom stereocenters. The minimum absolute atomic E-state index is 0.0286. The van der Waals surface area contributed by atoms with Crippen LogP contribution in [0.3, 0.4) is 0 Å². The summed E-state index contributed by atoms with van der Waals surface area (Å²) < 4.78 is 3.69. The molecule has 3 aromatic rings. The Morgan fingerprint density at radius 3 is 2.46 bits per heavy atom. The molecule has 0 aliphatic rings. The van der Waals surface area contributed by atoms with E-state index in [1.54, 1.807) is 49.0 Å². The van der Waals surface area contributed by atoms with Crippen LogP contribution in [0, 0.1) is 18.3 Å². The molecule has 2 aromatic heterocycles. The maximum Gasteiger partial charge on any atom is 0.349 e. The summed E-state index contributed by atoms with van der Waals surface area (Å²) in [5.41, 5.74) is -1.73. The van der Waals surface area contributed by atoms with Gasteiger partial charge in [-0.25, -0.2) is 9.48 Å². The molecule has 0 atom stereocenters. The predicted molar refractivity (Wildman–Crippen MR) is 84.5 cm³/mol. The van der Waals surface area contributed by atoms with Crippen molar-refractivity contribution >= 4 is 0 Å². The van der Waals surface area contributed by atoms with E-state index in [1.165, 1.54) is 4.68 Å². The molecular formula is C15H12N6O3. The molecule has 120 valence electrons. The van der Waals surface area contributed by atoms with Crippen LogP contribution in [0.4, 0.5) is 0 Å². The molecule has 0 aliphatic carbocycles. The Kier molecular flexibility index (Phi) is 3.50. The van der Waals surface area contributed by atoms with E-state index in [0.29, 0.717) is 11.4 Å². The van der Waals surface area contributed by atoms with Gasteiger partial charge in [0.1, 0.15) is 6.07 Å². The summed E-state index contributed by atoms with van der Waals surface area (Å²) in [5.74, 6) is 0. The monoisotopic (exact) mass is 324 g/mol. The molecule has 1 N–H and O–H groups in total. The first-order valence-corrected chi connectivity index (χ1v) is 6.94. The van der Waals surface area contributed by atoms with Crippen molar-refractivity contribution < 1.29 is 0 Å². The van der Waals surface area contributed by atoms with Crippen molar-refractivity contribution in [2.75, 3.05) is 0 Å². The number of aromatic amines is 1. The van der Waals surface area contributed by atoms with E-state index >= 15 is 0 Å². The predicted octanol–water partition coefficient (Wildman–Crippen LogP) is -0.410. The average molecular weight is 324 g/mol. The van der Waals surface area contributed by atoms with Gasteiger partial charge in [0.15, 0.2) is 5.69 Å². The zero-order chi connectivity index (χ0) is 17.4. The lowest BCUT2D eigenvalue weighted by Crippen LogP contribution is -2.35. The third-order valence-electron chi connectivity index (χ3n) is 3.67. The van der Waals surface area contributed by atoms with Gasteiger partial charge in [0, 0.05) is 7.05 Å². The fourth-order valence-electron chi connectivity index (χ4n) is 2.42. The van der Waals surface area contributed by atoms with Gasteiger partial charge in [-0.15, -0.1) is 5.10 Å². The molecule has 24 heavy (non-hydrogen) atoms. The SMILES string of the molecule is Cc1c(-n2nc(C#N)c(=O)[nH]c2=O)c(=O)n(-c2ccccc2)n1C. The molecule has 9 nitrogen and oxygen atoms in total. The van der Waals surface area contributed by atoms with Crippen LogP contribution in [0.25, 0.3) is 11.4 Å². The van der Waals surface area contributed by atoms with Crippen LogP contribution in [-0.2, 0) is 7.05 Å². The second kappa shape index (κ2) is 5.51. The van der Waals surface area contributed by atoms with E-state index in [0.717, 1.165) is 4.68 Å². The van der Waals surface area contributed by atoms with Gasteiger partial charge in [0.2, 0.25) is 5.69 Å². The Labute approximate surface area is 134 Å². The normalized spacial score (nSPS) is 10.5. The third-order valence-corrected chi connectivity index (χ3v) is 3.67. The second-order valence-electron chi connectivity index (χ2n) is 5.04. The lowest BCUT2D eigenvalue weighted by Gasteiger charge is -2.07. The first kappa shape index (κ1) is 15.2. The van der Waals surface area contributed by atoms with Crippen LogP contribution in [0.15, 0.2) is 44.7 Å². The standard InChI is InChI=1S/C15H12N6O3/c1-9-12(20-15(24)17-13(22)11(8-16)18-20)14(23)21(19(9)2)10-6-4-3-5-7-10/h3-7H,1-2H3,(H,17,22,24). The Morgan fingerprint density at radius 1 is 1.17 bits per heavy atom. The van der Waals surface area contributed by atoms with E-state index in [9.17, 15) is 14.4 Å². The minimum Gasteiger partial charge on any atom is -0.283 e. The van der Waals surface area contributed by atoms with Crippen molar-refractivity contribution in [3.63, 3.8) is 0 Å². The van der Waals surface area contributed by atoms with Crippen molar-refractivity contribution in [1.29, 1.82) is 5.26 Å². The van der Waals surface area contributed by atoms with Gasteiger partial charge >= 0.3 is 5.69 Å². The highest BCUT2D eigenvalue weighted by atomic mass is 16.2. The van der Waals surface area contributed by atoms with Gasteiger partial charge in [-0.05, 0) is 19.1 Å². The Morgan fingerprint density at radius 2 is 1.83 bits per heavy atom. The summed E-state index contributed by atoms with van der Waals surface area (Å²) in [6.07, 6.45) is 0. The lowest BCUT2D eigenvalue weighted by molar-refractivity contribution is 0.630. The third kappa shape index (κ3) is 2.17. The Bertz CT molecular complexity index is 1140. The highest BCUT2D eigenvalue weighted by molar-refractivity contribution is 5.40. The molecular weight excluding hydrogens is 312 g/mol. The van der Waals surface area contributed by atoms with E-state index in [2.05, 4.69) is 5.10 Å². The number of nitrogens with zero attached hydrogens (tertiary/aromatic N) is 5. The summed E-state index contributed by atoms with van der Waals surface area (Å²) in [7, 11) is 1.66. The summed E-state index contributed by atoms with van der Waals surface area (Å²) in [5, 5.41) is 12.6. The lowest BCUT2D eigenvalue weighted by atomic mass is 10.3. The van der Waals surface area contributed by atoms with Crippen molar-refractivity contribution in [2.45, 2.75) is 6.92 Å². The highest BCUT2D eigenvalue weighted by Gasteiger charge is 2.20. The summed E-state index contributed by atoms with van der Waals surface area (Å²) in [4.78, 5) is 38.3. The van der Waals surface area contributed by atoms with Crippen molar-refractivity contribution in [3.8, 4) is 17.4 Å². The van der Waals surface area contributed by atoms with E-state index < -0.39 is 22.5 Å². The number of hydrogen-bond acceptors (Lipinski definition) is 5. The molecule has 9 heteroatoms. The summed E-state index contributed by atoms with van der Waals surface area (Å²) >= 11 is 0. The van der Waals surface area contributed by atoms with E-state index in [1.807, 2.05) is 11.1 Å². The highest BCUT2D eigenvalue weighted by Crippen LogP contribution is 2.11. The summed E-state index contributed by atoms with van der Waals surface area (Å²) in [6, 6.07) is 10.5. The number of nitrogens with one attached hydrogen (secondary N) is 1. The van der Waals surface area contributed by atoms with Crippen LogP contribution in [-0.4, -0.2) is 24.1 Å². The Balaban J connectivity index is 2.37. The number of aromatic nitrogens is 5. The largest absolute Gasteiger partial charge is 0.349 e. The molecule has 3 rings (SSSR count). The molecule has 0 fully saturated rings. The first-order chi connectivity index (χ1) is 11.5. The molecule has 0 radical (unpaired) electrons. The molecule has 1 aromatic carbocycles. The summed E-state index contributed by atoms with van der Waals surface area (Å²) in [6.45, 7) is 1.64. The van der Waals surface area contributed by atoms with E-state index in [4.69, 9.17) is 5.26 Å². The van der Waals surface area contributed by atoms with Crippen molar-refractivity contribution in [1.82, 2.24) is 24.1 Å². The van der Waals surface area contributed by atoms with Gasteiger partial charge < -0.3 is 0 Å². The first-order valence-electron chi connectivity index (χ1n) is 6.94. The maximum atomic E-state index is 12.8. The second-order valence-corrected chi connectivity index (χ2v) is 5.04. The van der Waals surface area contributed by atoms with Crippen LogP contribution in [0.5, 0.6) is 0 Å². The molecule has 2 heterocycles. The van der Waals surface area contributed by atoms with Gasteiger partial charge in [-0.3, -0.25) is 19.3 Å². The smallest absolute Gasteiger partial charge is 0.283 e. The molecule has 0 amide bonds. The molecule has 0 saturated heterocycles. The van der Waals surface area contributed by atoms with Crippen LogP contribution in [0.2, 0.25) is 0 Å². The topological polar surface area (TPSA) is 118 Å².